The quantitative estimate of drug-likeness (QED) is 0.755. The highest BCUT2D eigenvalue weighted by molar-refractivity contribution is 5.85. The van der Waals surface area contributed by atoms with Gasteiger partial charge in [0.2, 0.25) is 5.91 Å². The third kappa shape index (κ3) is 4.82. The van der Waals surface area contributed by atoms with Crippen molar-refractivity contribution in [2.24, 2.45) is 11.7 Å². The number of carbonyl (C=O) groups excluding carboxylic acids is 1. The minimum Gasteiger partial charge on any atom is -0.364 e. The Balaban J connectivity index is 0.00000196. The first-order valence-corrected chi connectivity index (χ1v) is 5.26. The molecule has 0 aromatic carbocycles. The standard InChI is InChI=1S/C10H20N2O2.ClH/c1-7(2)6-12-10(13)9-4-3-8(5-11)14-9;/h7-9H,3-6,11H2,1-2H3,(H,12,13);1H/t8-,9+;/m1./s1. The zero-order valence-corrected chi connectivity index (χ0v) is 10.2. The molecule has 1 heterocycles. The minimum absolute atomic E-state index is 0. The number of rotatable bonds is 4. The largest absolute Gasteiger partial charge is 0.364 e. The number of nitrogens with two attached hydrogens (primary N) is 1. The van der Waals surface area contributed by atoms with E-state index < -0.39 is 0 Å². The summed E-state index contributed by atoms with van der Waals surface area (Å²) in [5.41, 5.74) is 5.46. The van der Waals surface area contributed by atoms with Crippen LogP contribution in [0, 0.1) is 5.92 Å². The van der Waals surface area contributed by atoms with Gasteiger partial charge in [0.25, 0.3) is 0 Å². The molecular weight excluding hydrogens is 216 g/mol. The number of hydrogen-bond donors (Lipinski definition) is 2. The Morgan fingerprint density at radius 1 is 1.53 bits per heavy atom. The predicted octanol–water partition coefficient (Wildman–Crippen LogP) is 0.687. The minimum atomic E-state index is -0.276. The van der Waals surface area contributed by atoms with Crippen molar-refractivity contribution >= 4 is 18.3 Å². The monoisotopic (exact) mass is 236 g/mol. The van der Waals surface area contributed by atoms with Gasteiger partial charge < -0.3 is 15.8 Å². The molecular formula is C10H21ClN2O2. The van der Waals surface area contributed by atoms with Crippen LogP contribution in [0.15, 0.2) is 0 Å². The van der Waals surface area contributed by atoms with Gasteiger partial charge in [0.15, 0.2) is 0 Å². The summed E-state index contributed by atoms with van der Waals surface area (Å²) in [7, 11) is 0. The van der Waals surface area contributed by atoms with Gasteiger partial charge in [-0.2, -0.15) is 0 Å². The Bertz CT molecular complexity index is 200. The summed E-state index contributed by atoms with van der Waals surface area (Å²) in [4.78, 5) is 11.5. The molecule has 0 spiro atoms. The Morgan fingerprint density at radius 3 is 2.67 bits per heavy atom. The van der Waals surface area contributed by atoms with Crippen molar-refractivity contribution in [3.8, 4) is 0 Å². The van der Waals surface area contributed by atoms with Crippen LogP contribution in [-0.2, 0) is 9.53 Å². The van der Waals surface area contributed by atoms with Gasteiger partial charge in [-0.25, -0.2) is 0 Å². The molecule has 0 saturated carbocycles. The van der Waals surface area contributed by atoms with Crippen LogP contribution in [0.2, 0.25) is 0 Å². The van der Waals surface area contributed by atoms with Crippen LogP contribution in [0.5, 0.6) is 0 Å². The van der Waals surface area contributed by atoms with E-state index in [4.69, 9.17) is 10.5 Å². The van der Waals surface area contributed by atoms with Crippen molar-refractivity contribution in [2.45, 2.75) is 38.9 Å². The second-order valence-electron chi connectivity index (χ2n) is 4.20. The molecule has 0 bridgehead atoms. The van der Waals surface area contributed by atoms with Gasteiger partial charge in [-0.3, -0.25) is 4.79 Å². The fraction of sp³-hybridized carbons (Fsp3) is 0.900. The first-order valence-electron chi connectivity index (χ1n) is 5.26. The topological polar surface area (TPSA) is 64.4 Å². The second-order valence-corrected chi connectivity index (χ2v) is 4.20. The van der Waals surface area contributed by atoms with Gasteiger partial charge in [0, 0.05) is 13.1 Å². The van der Waals surface area contributed by atoms with E-state index in [-0.39, 0.29) is 30.5 Å². The average Bonchev–Trinajstić information content (AvgIpc) is 2.62. The number of ether oxygens (including phenoxy) is 1. The first-order chi connectivity index (χ1) is 6.63. The molecule has 1 aliphatic heterocycles. The van der Waals surface area contributed by atoms with Crippen LogP contribution in [0.4, 0.5) is 0 Å². The third-order valence-corrected chi connectivity index (χ3v) is 2.35. The van der Waals surface area contributed by atoms with Crippen molar-refractivity contribution in [2.75, 3.05) is 13.1 Å². The molecule has 5 heteroatoms. The fourth-order valence-electron chi connectivity index (χ4n) is 1.49. The molecule has 0 aromatic rings. The van der Waals surface area contributed by atoms with Gasteiger partial charge in [-0.1, -0.05) is 13.8 Å². The summed E-state index contributed by atoms with van der Waals surface area (Å²) in [6, 6.07) is 0. The van der Waals surface area contributed by atoms with Gasteiger partial charge in [-0.15, -0.1) is 12.4 Å². The number of carbonyl (C=O) groups is 1. The molecule has 2 atom stereocenters. The molecule has 0 unspecified atom stereocenters. The summed E-state index contributed by atoms with van der Waals surface area (Å²) in [6.07, 6.45) is 1.49. The zero-order valence-electron chi connectivity index (χ0n) is 9.36. The highest BCUT2D eigenvalue weighted by Crippen LogP contribution is 2.18. The second kappa shape index (κ2) is 7.04. The van der Waals surface area contributed by atoms with E-state index in [0.717, 1.165) is 12.8 Å². The molecule has 1 rings (SSSR count). The van der Waals surface area contributed by atoms with Crippen molar-refractivity contribution in [1.29, 1.82) is 0 Å². The van der Waals surface area contributed by atoms with Crippen LogP contribution >= 0.6 is 12.4 Å². The fourth-order valence-corrected chi connectivity index (χ4v) is 1.49. The van der Waals surface area contributed by atoms with Gasteiger partial charge in [0.1, 0.15) is 6.10 Å². The lowest BCUT2D eigenvalue weighted by atomic mass is 10.2. The summed E-state index contributed by atoms with van der Waals surface area (Å²) in [6.45, 7) is 5.36. The number of halogens is 1. The van der Waals surface area contributed by atoms with Crippen molar-refractivity contribution in [3.63, 3.8) is 0 Å². The van der Waals surface area contributed by atoms with Crippen molar-refractivity contribution < 1.29 is 9.53 Å². The summed E-state index contributed by atoms with van der Waals surface area (Å²) in [5, 5.41) is 2.86. The lowest BCUT2D eigenvalue weighted by Gasteiger charge is -2.13. The van der Waals surface area contributed by atoms with Gasteiger partial charge in [-0.05, 0) is 18.8 Å². The lowest BCUT2D eigenvalue weighted by molar-refractivity contribution is -0.131. The molecule has 4 nitrogen and oxygen atoms in total. The summed E-state index contributed by atoms with van der Waals surface area (Å²) >= 11 is 0. The molecule has 1 saturated heterocycles. The average molecular weight is 237 g/mol. The number of nitrogens with one attached hydrogen (secondary N) is 1. The molecule has 90 valence electrons. The van der Waals surface area contributed by atoms with Crippen molar-refractivity contribution in [1.82, 2.24) is 5.32 Å². The maximum atomic E-state index is 11.5. The van der Waals surface area contributed by atoms with E-state index in [2.05, 4.69) is 19.2 Å². The van der Waals surface area contributed by atoms with Crippen LogP contribution in [-0.4, -0.2) is 31.2 Å². The van der Waals surface area contributed by atoms with Crippen LogP contribution < -0.4 is 11.1 Å². The Hall–Kier alpha value is -0.320. The third-order valence-electron chi connectivity index (χ3n) is 2.35. The maximum absolute atomic E-state index is 11.5. The Kier molecular flexibility index (Phi) is 6.89. The first kappa shape index (κ1) is 14.7. The Morgan fingerprint density at radius 2 is 2.20 bits per heavy atom. The molecule has 3 N–H and O–H groups in total. The SMILES string of the molecule is CC(C)CNC(=O)[C@@H]1CC[C@H](CN)O1.Cl. The normalized spacial score (nSPS) is 25.1. The van der Waals surface area contributed by atoms with E-state index in [1.807, 2.05) is 0 Å². The van der Waals surface area contributed by atoms with E-state index >= 15 is 0 Å². The maximum Gasteiger partial charge on any atom is 0.249 e. The Labute approximate surface area is 97.3 Å². The molecule has 0 aliphatic carbocycles. The molecule has 1 amide bonds. The van der Waals surface area contributed by atoms with E-state index in [1.165, 1.54) is 0 Å². The molecule has 1 fully saturated rings. The summed E-state index contributed by atoms with van der Waals surface area (Å²) in [5.74, 6) is 0.486. The summed E-state index contributed by atoms with van der Waals surface area (Å²) < 4.78 is 5.47. The highest BCUT2D eigenvalue weighted by atomic mass is 35.5. The van der Waals surface area contributed by atoms with E-state index in [9.17, 15) is 4.79 Å². The van der Waals surface area contributed by atoms with Crippen LogP contribution in [0.25, 0.3) is 0 Å². The number of amides is 1. The highest BCUT2D eigenvalue weighted by Gasteiger charge is 2.29. The number of hydrogen-bond acceptors (Lipinski definition) is 3. The molecule has 0 aromatic heterocycles. The molecule has 0 radical (unpaired) electrons. The van der Waals surface area contributed by atoms with Crippen LogP contribution in [0.3, 0.4) is 0 Å². The zero-order chi connectivity index (χ0) is 10.6. The molecule has 1 aliphatic rings. The van der Waals surface area contributed by atoms with Gasteiger partial charge in [0.05, 0.1) is 6.10 Å². The molecule has 15 heavy (non-hydrogen) atoms. The smallest absolute Gasteiger partial charge is 0.249 e. The van der Waals surface area contributed by atoms with Gasteiger partial charge >= 0.3 is 0 Å². The lowest BCUT2D eigenvalue weighted by Crippen LogP contribution is -2.37. The van der Waals surface area contributed by atoms with E-state index in [1.54, 1.807) is 0 Å². The van der Waals surface area contributed by atoms with Crippen LogP contribution in [0.1, 0.15) is 26.7 Å². The predicted molar refractivity (Wildman–Crippen MR) is 62.0 cm³/mol. The van der Waals surface area contributed by atoms with E-state index in [0.29, 0.717) is 19.0 Å². The van der Waals surface area contributed by atoms with Crippen molar-refractivity contribution in [3.05, 3.63) is 0 Å².